The van der Waals surface area contributed by atoms with E-state index < -0.39 is 16.0 Å². The van der Waals surface area contributed by atoms with Gasteiger partial charge in [0, 0.05) is 13.0 Å². The molecule has 0 bridgehead atoms. The fraction of sp³-hybridized carbons (Fsp3) is 0.250. The first-order valence-electron chi connectivity index (χ1n) is 9.12. The molecule has 0 saturated carbocycles. The fourth-order valence-corrected chi connectivity index (χ4v) is 4.62. The maximum absolute atomic E-state index is 12.5. The van der Waals surface area contributed by atoms with Gasteiger partial charge in [-0.05, 0) is 30.2 Å². The van der Waals surface area contributed by atoms with Gasteiger partial charge in [0.1, 0.15) is 0 Å². The summed E-state index contributed by atoms with van der Waals surface area (Å²) in [5.41, 5.74) is 1.69. The van der Waals surface area contributed by atoms with Crippen molar-refractivity contribution >= 4 is 43.5 Å². The van der Waals surface area contributed by atoms with Crippen LogP contribution in [0.3, 0.4) is 0 Å². The lowest BCUT2D eigenvalue weighted by atomic mass is 10.1. The molecule has 1 heterocycles. The number of ether oxygens (including phenoxy) is 1. The minimum atomic E-state index is -3.86. The molecule has 158 valence electrons. The van der Waals surface area contributed by atoms with E-state index in [9.17, 15) is 18.0 Å². The lowest BCUT2D eigenvalue weighted by molar-refractivity contribution is -0.140. The molecule has 30 heavy (non-hydrogen) atoms. The van der Waals surface area contributed by atoms with E-state index in [1.807, 2.05) is 30.3 Å². The number of thiazole rings is 1. The third-order valence-corrected chi connectivity index (χ3v) is 6.39. The molecular weight excluding hydrogens is 426 g/mol. The zero-order chi connectivity index (χ0) is 21.7. The number of carbonyl (C=O) groups excluding carboxylic acids is 2. The second-order valence-corrected chi connectivity index (χ2v) is 9.10. The van der Waals surface area contributed by atoms with Crippen molar-refractivity contribution < 1.29 is 22.7 Å². The highest BCUT2D eigenvalue weighted by molar-refractivity contribution is 7.89. The summed E-state index contributed by atoms with van der Waals surface area (Å²) in [7, 11) is -2.56. The Labute approximate surface area is 177 Å². The molecule has 1 amide bonds. The molecular formula is C20H21N3O5S2. The summed E-state index contributed by atoms with van der Waals surface area (Å²) >= 11 is 1.17. The Morgan fingerprint density at radius 1 is 1.13 bits per heavy atom. The highest BCUT2D eigenvalue weighted by Crippen LogP contribution is 2.21. The van der Waals surface area contributed by atoms with Crippen LogP contribution in [-0.2, 0) is 37.3 Å². The Morgan fingerprint density at radius 2 is 1.87 bits per heavy atom. The molecule has 8 nitrogen and oxygen atoms in total. The highest BCUT2D eigenvalue weighted by Gasteiger charge is 2.14. The number of nitrogens with zero attached hydrogens (tertiary/aromatic N) is 2. The summed E-state index contributed by atoms with van der Waals surface area (Å²) in [4.78, 5) is 28.6. The summed E-state index contributed by atoms with van der Waals surface area (Å²) < 4.78 is 30.3. The molecule has 0 aliphatic rings. The molecule has 2 aromatic carbocycles. The Bertz CT molecular complexity index is 1240. The molecule has 0 unspecified atom stereocenters. The quantitative estimate of drug-likeness (QED) is 0.555. The van der Waals surface area contributed by atoms with Crippen molar-refractivity contribution in [1.82, 2.24) is 4.57 Å². The number of hydrogen-bond acceptors (Lipinski definition) is 6. The van der Waals surface area contributed by atoms with Gasteiger partial charge >= 0.3 is 5.97 Å². The van der Waals surface area contributed by atoms with Gasteiger partial charge in [-0.1, -0.05) is 41.7 Å². The van der Waals surface area contributed by atoms with Gasteiger partial charge in [0.2, 0.25) is 15.9 Å². The molecule has 3 aromatic rings. The van der Waals surface area contributed by atoms with E-state index >= 15 is 0 Å². The number of hydrogen-bond donors (Lipinski definition) is 1. The first-order valence-corrected chi connectivity index (χ1v) is 11.5. The molecule has 2 N–H and O–H groups in total. The zero-order valence-electron chi connectivity index (χ0n) is 16.3. The van der Waals surface area contributed by atoms with Crippen LogP contribution in [0.5, 0.6) is 0 Å². The molecule has 3 rings (SSSR count). The van der Waals surface area contributed by atoms with Gasteiger partial charge in [0.15, 0.2) is 4.80 Å². The number of sulfonamides is 1. The maximum atomic E-state index is 12.5. The molecule has 0 aliphatic carbocycles. The molecule has 0 aliphatic heterocycles. The van der Waals surface area contributed by atoms with Gasteiger partial charge < -0.3 is 9.30 Å². The number of fused-ring (bicyclic) bond motifs is 1. The minimum absolute atomic E-state index is 0.0293. The topological polar surface area (TPSA) is 121 Å². The number of esters is 1. The van der Waals surface area contributed by atoms with Gasteiger partial charge in [0.25, 0.3) is 0 Å². The number of methoxy groups -OCH3 is 1. The van der Waals surface area contributed by atoms with Gasteiger partial charge in [0.05, 0.1) is 28.6 Å². The second kappa shape index (κ2) is 9.33. The van der Waals surface area contributed by atoms with Crippen molar-refractivity contribution in [3.8, 4) is 0 Å². The van der Waals surface area contributed by atoms with Crippen LogP contribution in [0.4, 0.5) is 0 Å². The average molecular weight is 448 g/mol. The highest BCUT2D eigenvalue weighted by atomic mass is 32.2. The van der Waals surface area contributed by atoms with Crippen LogP contribution >= 0.6 is 11.3 Å². The molecule has 10 heteroatoms. The lowest BCUT2D eigenvalue weighted by Crippen LogP contribution is -2.19. The van der Waals surface area contributed by atoms with Crippen molar-refractivity contribution in [2.45, 2.75) is 30.7 Å². The summed E-state index contributed by atoms with van der Waals surface area (Å²) in [6.07, 6.45) is 0.883. The Hall–Kier alpha value is -2.82. The summed E-state index contributed by atoms with van der Waals surface area (Å²) in [6.45, 7) is 0.242. The van der Waals surface area contributed by atoms with E-state index in [2.05, 4.69) is 4.99 Å². The summed E-state index contributed by atoms with van der Waals surface area (Å²) in [5, 5.41) is 5.22. The first kappa shape index (κ1) is 21.9. The van der Waals surface area contributed by atoms with E-state index in [0.717, 1.165) is 5.56 Å². The van der Waals surface area contributed by atoms with Crippen molar-refractivity contribution in [1.29, 1.82) is 0 Å². The number of aromatic nitrogens is 1. The van der Waals surface area contributed by atoms with Crippen LogP contribution in [-0.4, -0.2) is 32.0 Å². The standard InChI is InChI=1S/C20H21N3O5S2/c1-28-19(25)11-12-23-16-9-8-15(30(21,26)27)13-17(16)29-20(23)22-18(24)10-7-14-5-3-2-4-6-14/h2-6,8-9,13H,7,10-12H2,1H3,(H2,21,26,27). The number of rotatable bonds is 7. The number of amides is 1. The number of aryl methyl sites for hydroxylation is 2. The summed E-state index contributed by atoms with van der Waals surface area (Å²) in [6, 6.07) is 14.0. The Balaban J connectivity index is 1.96. The van der Waals surface area contributed by atoms with Gasteiger partial charge in [-0.2, -0.15) is 4.99 Å². The van der Waals surface area contributed by atoms with Crippen molar-refractivity contribution in [3.63, 3.8) is 0 Å². The van der Waals surface area contributed by atoms with Gasteiger partial charge in [-0.3, -0.25) is 9.59 Å². The number of benzene rings is 2. The molecule has 0 fully saturated rings. The monoisotopic (exact) mass is 447 g/mol. The van der Waals surface area contributed by atoms with Crippen molar-refractivity contribution in [2.75, 3.05) is 7.11 Å². The second-order valence-electron chi connectivity index (χ2n) is 6.53. The predicted octanol–water partition coefficient (Wildman–Crippen LogP) is 1.97. The Morgan fingerprint density at radius 3 is 2.53 bits per heavy atom. The van der Waals surface area contributed by atoms with E-state index in [4.69, 9.17) is 9.88 Å². The SMILES string of the molecule is COC(=O)CCn1c(=NC(=O)CCc2ccccc2)sc2cc(S(N)(=O)=O)ccc21. The van der Waals surface area contributed by atoms with Crippen LogP contribution in [0.15, 0.2) is 58.4 Å². The average Bonchev–Trinajstić information content (AvgIpc) is 3.06. The maximum Gasteiger partial charge on any atom is 0.307 e. The first-order chi connectivity index (χ1) is 14.3. The van der Waals surface area contributed by atoms with Crippen LogP contribution in [0.1, 0.15) is 18.4 Å². The lowest BCUT2D eigenvalue weighted by Gasteiger charge is -2.05. The predicted molar refractivity (Wildman–Crippen MR) is 113 cm³/mol. The van der Waals surface area contributed by atoms with E-state index in [0.29, 0.717) is 21.4 Å². The fourth-order valence-electron chi connectivity index (χ4n) is 2.90. The van der Waals surface area contributed by atoms with Crippen LogP contribution in [0, 0.1) is 0 Å². The zero-order valence-corrected chi connectivity index (χ0v) is 17.9. The number of nitrogens with two attached hydrogens (primary N) is 1. The van der Waals surface area contributed by atoms with Gasteiger partial charge in [-0.15, -0.1) is 0 Å². The molecule has 0 radical (unpaired) electrons. The third kappa shape index (κ3) is 5.41. The van der Waals surface area contributed by atoms with Crippen molar-refractivity contribution in [3.05, 3.63) is 58.9 Å². The van der Waals surface area contributed by atoms with Crippen LogP contribution in [0.25, 0.3) is 10.2 Å². The number of carbonyl (C=O) groups is 2. The number of primary sulfonamides is 1. The van der Waals surface area contributed by atoms with E-state index in [1.165, 1.54) is 30.6 Å². The van der Waals surface area contributed by atoms with Crippen molar-refractivity contribution in [2.24, 2.45) is 10.1 Å². The molecule has 0 spiro atoms. The molecule has 0 saturated heterocycles. The molecule has 1 aromatic heterocycles. The normalized spacial score (nSPS) is 12.3. The summed E-state index contributed by atoms with van der Waals surface area (Å²) in [5.74, 6) is -0.701. The molecule has 0 atom stereocenters. The Kier molecular flexibility index (Phi) is 6.80. The third-order valence-electron chi connectivity index (χ3n) is 4.44. The largest absolute Gasteiger partial charge is 0.469 e. The minimum Gasteiger partial charge on any atom is -0.469 e. The van der Waals surface area contributed by atoms with Gasteiger partial charge in [-0.25, -0.2) is 13.6 Å². The van der Waals surface area contributed by atoms with E-state index in [1.54, 1.807) is 10.6 Å². The van der Waals surface area contributed by atoms with Crippen LogP contribution in [0.2, 0.25) is 0 Å². The van der Waals surface area contributed by atoms with E-state index in [-0.39, 0.29) is 30.2 Å². The van der Waals surface area contributed by atoms with Crippen LogP contribution < -0.4 is 9.94 Å². The smallest absolute Gasteiger partial charge is 0.307 e.